The molecule has 1 aromatic carbocycles. The monoisotopic (exact) mass is 235 g/mol. The minimum absolute atomic E-state index is 0.322. The number of nitrogens with two attached hydrogens (primary N) is 1. The fourth-order valence-corrected chi connectivity index (χ4v) is 1.47. The van der Waals surface area contributed by atoms with Crippen molar-refractivity contribution in [3.05, 3.63) is 23.2 Å². The summed E-state index contributed by atoms with van der Waals surface area (Å²) >= 11 is 5.67. The Hall–Kier alpha value is -0.980. The Balaban J connectivity index is 2.94. The van der Waals surface area contributed by atoms with Crippen molar-refractivity contribution < 1.29 is 8.42 Å². The van der Waals surface area contributed by atoms with Gasteiger partial charge in [-0.25, -0.2) is 4.72 Å². The Morgan fingerprint density at radius 3 is 2.57 bits per heavy atom. The molecule has 4 N–H and O–H groups in total. The first-order chi connectivity index (χ1) is 6.44. The molecule has 0 aromatic heterocycles. The molecule has 78 valence electrons. The van der Waals surface area contributed by atoms with E-state index in [9.17, 15) is 8.42 Å². The molecule has 14 heavy (non-hydrogen) atoms. The summed E-state index contributed by atoms with van der Waals surface area (Å²) in [5.41, 5.74) is 6.18. The van der Waals surface area contributed by atoms with Crippen LogP contribution in [0.15, 0.2) is 18.2 Å². The smallest absolute Gasteiger partial charge is 0.298 e. The lowest BCUT2D eigenvalue weighted by molar-refractivity contribution is 0.593. The molecule has 0 amide bonds. The maximum absolute atomic E-state index is 11.1. The predicted octanol–water partition coefficient (Wildman–Crippen LogP) is 0.798. The molecule has 0 bridgehead atoms. The van der Waals surface area contributed by atoms with Gasteiger partial charge in [0, 0.05) is 7.05 Å². The maximum Gasteiger partial charge on any atom is 0.298 e. The number of nitrogens with one attached hydrogen (secondary N) is 2. The van der Waals surface area contributed by atoms with Crippen LogP contribution in [0.2, 0.25) is 5.02 Å². The van der Waals surface area contributed by atoms with Crippen LogP contribution in [0.4, 0.5) is 11.4 Å². The molecule has 7 heteroatoms. The van der Waals surface area contributed by atoms with E-state index in [1.165, 1.54) is 25.2 Å². The van der Waals surface area contributed by atoms with Gasteiger partial charge in [-0.3, -0.25) is 4.72 Å². The van der Waals surface area contributed by atoms with E-state index in [4.69, 9.17) is 17.3 Å². The summed E-state index contributed by atoms with van der Waals surface area (Å²) in [5.74, 6) is 0. The lowest BCUT2D eigenvalue weighted by atomic mass is 10.3. The van der Waals surface area contributed by atoms with Crippen molar-refractivity contribution in [2.45, 2.75) is 0 Å². The van der Waals surface area contributed by atoms with Crippen molar-refractivity contribution in [2.24, 2.45) is 0 Å². The third-order valence-corrected chi connectivity index (χ3v) is 2.90. The van der Waals surface area contributed by atoms with E-state index in [2.05, 4.69) is 9.44 Å². The third-order valence-electron chi connectivity index (χ3n) is 1.52. The van der Waals surface area contributed by atoms with Crippen molar-refractivity contribution in [1.82, 2.24) is 4.72 Å². The van der Waals surface area contributed by atoms with Crippen LogP contribution in [0.1, 0.15) is 0 Å². The van der Waals surface area contributed by atoms with Gasteiger partial charge >= 0.3 is 0 Å². The van der Waals surface area contributed by atoms with Gasteiger partial charge in [-0.2, -0.15) is 8.42 Å². The molecule has 0 heterocycles. The first kappa shape index (κ1) is 11.1. The SMILES string of the molecule is CNS(=O)(=O)Nc1ccc(Cl)c(N)c1. The summed E-state index contributed by atoms with van der Waals surface area (Å²) < 4.78 is 26.5. The molecular weight excluding hydrogens is 226 g/mol. The molecule has 0 spiro atoms. The highest BCUT2D eigenvalue weighted by atomic mass is 35.5. The number of hydrogen-bond acceptors (Lipinski definition) is 3. The van der Waals surface area contributed by atoms with Crippen LogP contribution in [-0.2, 0) is 10.2 Å². The molecular formula is C7H10ClN3O2S. The first-order valence-electron chi connectivity index (χ1n) is 3.71. The van der Waals surface area contributed by atoms with E-state index in [0.717, 1.165) is 0 Å². The number of anilines is 2. The number of benzene rings is 1. The Morgan fingerprint density at radius 2 is 2.07 bits per heavy atom. The van der Waals surface area contributed by atoms with Gasteiger partial charge in [0.05, 0.1) is 16.4 Å². The van der Waals surface area contributed by atoms with Crippen LogP contribution in [0.5, 0.6) is 0 Å². The van der Waals surface area contributed by atoms with Gasteiger partial charge < -0.3 is 5.73 Å². The van der Waals surface area contributed by atoms with Crippen molar-refractivity contribution in [3.8, 4) is 0 Å². The van der Waals surface area contributed by atoms with Gasteiger partial charge in [0.25, 0.3) is 10.2 Å². The fraction of sp³-hybridized carbons (Fsp3) is 0.143. The molecule has 0 atom stereocenters. The highest BCUT2D eigenvalue weighted by molar-refractivity contribution is 7.90. The average Bonchev–Trinajstić information content (AvgIpc) is 2.11. The molecule has 0 unspecified atom stereocenters. The summed E-state index contributed by atoms with van der Waals surface area (Å²) in [6, 6.07) is 4.48. The standard InChI is InChI=1S/C7H10ClN3O2S/c1-10-14(12,13)11-5-2-3-6(8)7(9)4-5/h2-4,10-11H,9H2,1H3. The molecule has 0 radical (unpaired) electrons. The summed E-state index contributed by atoms with van der Waals surface area (Å²) in [6.45, 7) is 0. The van der Waals surface area contributed by atoms with E-state index in [1.54, 1.807) is 0 Å². The molecule has 1 aromatic rings. The van der Waals surface area contributed by atoms with Crippen LogP contribution in [-0.4, -0.2) is 15.5 Å². The molecule has 0 aliphatic heterocycles. The van der Waals surface area contributed by atoms with Gasteiger partial charge in [-0.15, -0.1) is 0 Å². The van der Waals surface area contributed by atoms with Crippen molar-refractivity contribution in [3.63, 3.8) is 0 Å². The van der Waals surface area contributed by atoms with Crippen LogP contribution in [0, 0.1) is 0 Å². The van der Waals surface area contributed by atoms with E-state index >= 15 is 0 Å². The van der Waals surface area contributed by atoms with Crippen LogP contribution in [0.25, 0.3) is 0 Å². The van der Waals surface area contributed by atoms with Crippen molar-refractivity contribution >= 4 is 33.2 Å². The molecule has 0 saturated carbocycles. The Labute approximate surface area is 87.4 Å². The van der Waals surface area contributed by atoms with E-state index in [1.807, 2.05) is 0 Å². The summed E-state index contributed by atoms with van der Waals surface area (Å²) in [5, 5.41) is 0.386. The molecule has 1 rings (SSSR count). The topological polar surface area (TPSA) is 84.2 Å². The quantitative estimate of drug-likeness (QED) is 0.678. The maximum atomic E-state index is 11.1. The highest BCUT2D eigenvalue weighted by Crippen LogP contribution is 2.22. The third kappa shape index (κ3) is 2.76. The van der Waals surface area contributed by atoms with Crippen molar-refractivity contribution in [2.75, 3.05) is 17.5 Å². The largest absolute Gasteiger partial charge is 0.397 e. The normalized spacial score (nSPS) is 11.3. The number of hydrogen-bond donors (Lipinski definition) is 3. The zero-order valence-electron chi connectivity index (χ0n) is 7.41. The van der Waals surface area contributed by atoms with Crippen LogP contribution in [0.3, 0.4) is 0 Å². The summed E-state index contributed by atoms with van der Waals surface area (Å²) in [6.07, 6.45) is 0. The summed E-state index contributed by atoms with van der Waals surface area (Å²) in [4.78, 5) is 0. The van der Waals surface area contributed by atoms with Gasteiger partial charge in [0.15, 0.2) is 0 Å². The van der Waals surface area contributed by atoms with Gasteiger partial charge in [-0.05, 0) is 18.2 Å². The lowest BCUT2D eigenvalue weighted by Gasteiger charge is -2.07. The minimum Gasteiger partial charge on any atom is -0.397 e. The van der Waals surface area contributed by atoms with Gasteiger partial charge in [0.2, 0.25) is 0 Å². The molecule has 0 fully saturated rings. The molecule has 5 nitrogen and oxygen atoms in total. The first-order valence-corrected chi connectivity index (χ1v) is 5.57. The van der Waals surface area contributed by atoms with Crippen molar-refractivity contribution in [1.29, 1.82) is 0 Å². The number of halogens is 1. The fourth-order valence-electron chi connectivity index (χ4n) is 0.813. The minimum atomic E-state index is -3.50. The molecule has 0 aliphatic carbocycles. The van der Waals surface area contributed by atoms with E-state index < -0.39 is 10.2 Å². The second kappa shape index (κ2) is 4.04. The van der Waals surface area contributed by atoms with Crippen LogP contribution < -0.4 is 15.2 Å². The average molecular weight is 236 g/mol. The zero-order chi connectivity index (χ0) is 10.8. The van der Waals surface area contributed by atoms with Crippen LogP contribution >= 0.6 is 11.6 Å². The second-order valence-corrected chi connectivity index (χ2v) is 4.57. The van der Waals surface area contributed by atoms with E-state index in [-0.39, 0.29) is 0 Å². The predicted molar refractivity (Wildman–Crippen MR) is 57.5 cm³/mol. The Morgan fingerprint density at radius 1 is 1.43 bits per heavy atom. The lowest BCUT2D eigenvalue weighted by Crippen LogP contribution is -2.26. The molecule has 0 aliphatic rings. The summed E-state index contributed by atoms with van der Waals surface area (Å²) in [7, 11) is -2.19. The highest BCUT2D eigenvalue weighted by Gasteiger charge is 2.06. The number of nitrogen functional groups attached to an aromatic ring is 1. The molecule has 0 saturated heterocycles. The Bertz CT molecular complexity index is 433. The van der Waals surface area contributed by atoms with Gasteiger partial charge in [-0.1, -0.05) is 11.6 Å². The number of rotatable bonds is 3. The van der Waals surface area contributed by atoms with E-state index in [0.29, 0.717) is 16.4 Å². The Kier molecular flexibility index (Phi) is 3.20. The van der Waals surface area contributed by atoms with Gasteiger partial charge in [0.1, 0.15) is 0 Å². The zero-order valence-corrected chi connectivity index (χ0v) is 8.98. The second-order valence-electron chi connectivity index (χ2n) is 2.55.